The van der Waals surface area contributed by atoms with Crippen molar-refractivity contribution in [1.29, 1.82) is 0 Å². The van der Waals surface area contributed by atoms with Gasteiger partial charge in [-0.15, -0.1) is 0 Å². The van der Waals surface area contributed by atoms with Crippen molar-refractivity contribution < 1.29 is 13.9 Å². The maximum atomic E-state index is 12.8. The third-order valence-electron chi connectivity index (χ3n) is 2.75. The molecule has 0 aliphatic carbocycles. The molecule has 0 bridgehead atoms. The number of carbonyl (C=O) groups is 1. The highest BCUT2D eigenvalue weighted by molar-refractivity contribution is 5.93. The van der Waals surface area contributed by atoms with Gasteiger partial charge in [0.05, 0.1) is 5.69 Å². The first kappa shape index (κ1) is 14.0. The zero-order valence-corrected chi connectivity index (χ0v) is 11.6. The van der Waals surface area contributed by atoms with Crippen LogP contribution in [0.15, 0.2) is 30.3 Å². The molecule has 0 aliphatic heterocycles. The number of ether oxygens (including phenoxy) is 1. The van der Waals surface area contributed by atoms with Crippen LogP contribution in [0.5, 0.6) is 5.75 Å². The molecule has 6 heteroatoms. The van der Waals surface area contributed by atoms with Gasteiger partial charge >= 0.3 is 0 Å². The predicted molar refractivity (Wildman–Crippen MR) is 73.1 cm³/mol. The molecule has 0 aliphatic rings. The molecule has 5 nitrogen and oxygen atoms in total. The topological polar surface area (TPSA) is 56.1 Å². The molecule has 20 heavy (non-hydrogen) atoms. The highest BCUT2D eigenvalue weighted by Crippen LogP contribution is 2.14. The van der Waals surface area contributed by atoms with Crippen LogP contribution in [0.3, 0.4) is 0 Å². The predicted octanol–water partition coefficient (Wildman–Crippen LogP) is 2.27. The average Bonchev–Trinajstić information content (AvgIpc) is 2.70. The summed E-state index contributed by atoms with van der Waals surface area (Å²) in [4.78, 5) is 12.0. The lowest BCUT2D eigenvalue weighted by atomic mass is 10.3. The molecule has 0 unspecified atom stereocenters. The van der Waals surface area contributed by atoms with Gasteiger partial charge in [0.25, 0.3) is 5.91 Å². The molecule has 106 valence electrons. The van der Waals surface area contributed by atoms with E-state index in [2.05, 4.69) is 10.4 Å². The Morgan fingerprint density at radius 3 is 2.60 bits per heavy atom. The number of anilines is 1. The van der Waals surface area contributed by atoms with Crippen LogP contribution in [0.25, 0.3) is 0 Å². The Labute approximate surface area is 116 Å². The van der Waals surface area contributed by atoms with Crippen LogP contribution in [-0.2, 0) is 11.8 Å². The number of aryl methyl sites for hydroxylation is 2. The fourth-order valence-electron chi connectivity index (χ4n) is 1.73. The normalized spacial score (nSPS) is 12.0. The van der Waals surface area contributed by atoms with Crippen LogP contribution in [0.1, 0.15) is 12.6 Å². The summed E-state index contributed by atoms with van der Waals surface area (Å²) >= 11 is 0. The number of hydrogen-bond donors (Lipinski definition) is 1. The number of nitrogens with zero attached hydrogens (tertiary/aromatic N) is 2. The molecule has 0 fully saturated rings. The molecule has 1 heterocycles. The molecule has 1 amide bonds. The third kappa shape index (κ3) is 3.34. The van der Waals surface area contributed by atoms with Crippen molar-refractivity contribution in [3.63, 3.8) is 0 Å². The molecular weight excluding hydrogens is 261 g/mol. The summed E-state index contributed by atoms with van der Waals surface area (Å²) in [6.45, 7) is 3.47. The van der Waals surface area contributed by atoms with Crippen molar-refractivity contribution >= 4 is 11.7 Å². The fraction of sp³-hybridized carbons (Fsp3) is 0.286. The van der Waals surface area contributed by atoms with E-state index in [0.29, 0.717) is 11.6 Å². The number of halogens is 1. The number of aromatic nitrogens is 2. The van der Waals surface area contributed by atoms with E-state index in [9.17, 15) is 9.18 Å². The second kappa shape index (κ2) is 5.73. The maximum Gasteiger partial charge on any atom is 0.266 e. The lowest BCUT2D eigenvalue weighted by Crippen LogP contribution is -2.30. The van der Waals surface area contributed by atoms with Gasteiger partial charge in [-0.25, -0.2) is 4.39 Å². The van der Waals surface area contributed by atoms with Crippen LogP contribution in [0.4, 0.5) is 10.2 Å². The van der Waals surface area contributed by atoms with E-state index in [4.69, 9.17) is 4.74 Å². The average molecular weight is 277 g/mol. The number of nitrogens with one attached hydrogen (secondary N) is 1. The van der Waals surface area contributed by atoms with Crippen molar-refractivity contribution in [2.75, 3.05) is 5.32 Å². The molecule has 2 aromatic rings. The van der Waals surface area contributed by atoms with Gasteiger partial charge in [-0.3, -0.25) is 9.48 Å². The molecule has 1 atom stereocenters. The van der Waals surface area contributed by atoms with Crippen LogP contribution >= 0.6 is 0 Å². The maximum absolute atomic E-state index is 12.8. The lowest BCUT2D eigenvalue weighted by Gasteiger charge is -2.14. The lowest BCUT2D eigenvalue weighted by molar-refractivity contribution is -0.122. The van der Waals surface area contributed by atoms with E-state index in [1.54, 1.807) is 24.7 Å². The van der Waals surface area contributed by atoms with Crippen molar-refractivity contribution in [3.8, 4) is 5.75 Å². The standard InChI is InChI=1S/C14H16FN3O2/c1-9-8-13(18(3)17-9)16-14(19)10(2)20-12-6-4-11(15)5-7-12/h4-8,10H,1-3H3,(H,16,19)/t10-/m1/s1. The summed E-state index contributed by atoms with van der Waals surface area (Å²) in [5, 5.41) is 6.86. The molecule has 1 aromatic heterocycles. The Morgan fingerprint density at radius 2 is 2.05 bits per heavy atom. The van der Waals surface area contributed by atoms with Crippen molar-refractivity contribution in [1.82, 2.24) is 9.78 Å². The highest BCUT2D eigenvalue weighted by atomic mass is 19.1. The van der Waals surface area contributed by atoms with E-state index in [1.165, 1.54) is 24.3 Å². The van der Waals surface area contributed by atoms with Gasteiger partial charge in [-0.1, -0.05) is 0 Å². The number of hydrogen-bond acceptors (Lipinski definition) is 3. The van der Waals surface area contributed by atoms with Gasteiger partial charge in [0.15, 0.2) is 6.10 Å². The Balaban J connectivity index is 1.98. The van der Waals surface area contributed by atoms with E-state index < -0.39 is 6.10 Å². The number of benzene rings is 1. The second-order valence-corrected chi connectivity index (χ2v) is 4.50. The van der Waals surface area contributed by atoms with Crippen molar-refractivity contribution in [2.24, 2.45) is 7.05 Å². The monoisotopic (exact) mass is 277 g/mol. The van der Waals surface area contributed by atoms with Gasteiger partial charge in [0.2, 0.25) is 0 Å². The second-order valence-electron chi connectivity index (χ2n) is 4.50. The summed E-state index contributed by atoms with van der Waals surface area (Å²) in [5.74, 6) is 0.398. The van der Waals surface area contributed by atoms with Gasteiger partial charge in [0.1, 0.15) is 17.4 Å². The smallest absolute Gasteiger partial charge is 0.266 e. The van der Waals surface area contributed by atoms with Gasteiger partial charge in [-0.05, 0) is 38.1 Å². The summed E-state index contributed by atoms with van der Waals surface area (Å²) in [5.41, 5.74) is 0.815. The zero-order valence-electron chi connectivity index (χ0n) is 11.6. The Morgan fingerprint density at radius 1 is 1.40 bits per heavy atom. The minimum atomic E-state index is -0.698. The van der Waals surface area contributed by atoms with Crippen LogP contribution in [-0.4, -0.2) is 21.8 Å². The Bertz CT molecular complexity index is 607. The molecule has 0 saturated heterocycles. The first-order valence-corrected chi connectivity index (χ1v) is 6.19. The van der Waals surface area contributed by atoms with E-state index in [-0.39, 0.29) is 11.7 Å². The van der Waals surface area contributed by atoms with Crippen molar-refractivity contribution in [2.45, 2.75) is 20.0 Å². The molecule has 0 spiro atoms. The molecule has 1 aromatic carbocycles. The fourth-order valence-corrected chi connectivity index (χ4v) is 1.73. The number of amides is 1. The quantitative estimate of drug-likeness (QED) is 0.932. The summed E-state index contributed by atoms with van der Waals surface area (Å²) in [7, 11) is 1.74. The summed E-state index contributed by atoms with van der Waals surface area (Å²) in [6, 6.07) is 7.29. The highest BCUT2D eigenvalue weighted by Gasteiger charge is 2.16. The first-order chi connectivity index (χ1) is 9.45. The van der Waals surface area contributed by atoms with E-state index in [1.807, 2.05) is 6.92 Å². The van der Waals surface area contributed by atoms with Crippen LogP contribution in [0, 0.1) is 12.7 Å². The SMILES string of the molecule is Cc1cc(NC(=O)[C@@H](C)Oc2ccc(F)cc2)n(C)n1. The minimum Gasteiger partial charge on any atom is -0.481 e. The third-order valence-corrected chi connectivity index (χ3v) is 2.75. The Hall–Kier alpha value is -2.37. The van der Waals surface area contributed by atoms with Crippen LogP contribution in [0.2, 0.25) is 0 Å². The summed E-state index contributed by atoms with van der Waals surface area (Å²) < 4.78 is 19.8. The van der Waals surface area contributed by atoms with Crippen LogP contribution < -0.4 is 10.1 Å². The molecular formula is C14H16FN3O2. The van der Waals surface area contributed by atoms with Crippen molar-refractivity contribution in [3.05, 3.63) is 41.8 Å². The Kier molecular flexibility index (Phi) is 4.02. The number of carbonyl (C=O) groups excluding carboxylic acids is 1. The zero-order chi connectivity index (χ0) is 14.7. The molecule has 2 rings (SSSR count). The van der Waals surface area contributed by atoms with E-state index >= 15 is 0 Å². The molecule has 1 N–H and O–H groups in total. The summed E-state index contributed by atoms with van der Waals surface area (Å²) in [6.07, 6.45) is -0.698. The first-order valence-electron chi connectivity index (χ1n) is 6.19. The molecule has 0 saturated carbocycles. The largest absolute Gasteiger partial charge is 0.481 e. The van der Waals surface area contributed by atoms with Gasteiger partial charge < -0.3 is 10.1 Å². The van der Waals surface area contributed by atoms with Gasteiger partial charge in [-0.2, -0.15) is 5.10 Å². The van der Waals surface area contributed by atoms with Gasteiger partial charge in [0, 0.05) is 13.1 Å². The molecule has 0 radical (unpaired) electrons. The van der Waals surface area contributed by atoms with E-state index in [0.717, 1.165) is 5.69 Å². The minimum absolute atomic E-state index is 0.294. The number of rotatable bonds is 4.